The van der Waals surface area contributed by atoms with Gasteiger partial charge in [0.2, 0.25) is 4.47 Å². The Morgan fingerprint density at radius 1 is 1.33 bits per heavy atom. The van der Waals surface area contributed by atoms with Crippen molar-refractivity contribution in [3.8, 4) is 0 Å². The summed E-state index contributed by atoms with van der Waals surface area (Å²) >= 11 is 13.1. The summed E-state index contributed by atoms with van der Waals surface area (Å²) in [6.07, 6.45) is 2.37. The molecule has 0 bridgehead atoms. The highest BCUT2D eigenvalue weighted by Crippen LogP contribution is 2.31. The molecule has 1 aromatic heterocycles. The largest absolute Gasteiger partial charge is 0.353 e. The molecule has 3 rings (SSSR count). The first-order valence-corrected chi connectivity index (χ1v) is 8.27. The summed E-state index contributed by atoms with van der Waals surface area (Å²) in [5.74, 6) is 0.543. The maximum Gasteiger partial charge on any atom is 0.203 e. The van der Waals surface area contributed by atoms with E-state index in [1.165, 1.54) is 0 Å². The lowest BCUT2D eigenvalue weighted by atomic mass is 10.1. The summed E-state index contributed by atoms with van der Waals surface area (Å²) in [6, 6.07) is 7.49. The van der Waals surface area contributed by atoms with Gasteiger partial charge < -0.3 is 9.47 Å². The molecule has 0 spiro atoms. The van der Waals surface area contributed by atoms with Crippen molar-refractivity contribution in [2.75, 3.05) is 6.61 Å². The molecule has 1 aliphatic heterocycles. The van der Waals surface area contributed by atoms with Crippen LogP contribution in [0.15, 0.2) is 24.3 Å². The minimum absolute atomic E-state index is 0.245. The molecule has 2 aromatic rings. The van der Waals surface area contributed by atoms with Crippen LogP contribution in [-0.2, 0) is 9.47 Å². The Morgan fingerprint density at radius 3 is 2.90 bits per heavy atom. The first-order chi connectivity index (χ1) is 10.2. The Bertz CT molecular complexity index is 602. The average molecular weight is 345 g/mol. The van der Waals surface area contributed by atoms with Crippen LogP contribution in [0.5, 0.6) is 0 Å². The Hall–Kier alpha value is -0.720. The predicted molar refractivity (Wildman–Crippen MR) is 82.9 cm³/mol. The number of aromatic nitrogens is 2. The van der Waals surface area contributed by atoms with Gasteiger partial charge in [-0.25, -0.2) is 4.98 Å². The fraction of sp³-hybridized carbons (Fsp3) is 0.429. The van der Waals surface area contributed by atoms with Crippen LogP contribution in [0.3, 0.4) is 0 Å². The zero-order chi connectivity index (χ0) is 14.7. The first-order valence-electron chi connectivity index (χ1n) is 6.74. The summed E-state index contributed by atoms with van der Waals surface area (Å²) in [5, 5.41) is 0.645. The van der Waals surface area contributed by atoms with Crippen LogP contribution in [0, 0.1) is 0 Å². The fourth-order valence-corrected chi connectivity index (χ4v) is 3.08. The highest BCUT2D eigenvalue weighted by molar-refractivity contribution is 7.10. The summed E-state index contributed by atoms with van der Waals surface area (Å²) in [4.78, 5) is 4.23. The quantitative estimate of drug-likeness (QED) is 0.820. The highest BCUT2D eigenvalue weighted by Gasteiger charge is 2.26. The first kappa shape index (κ1) is 15.2. The monoisotopic (exact) mass is 344 g/mol. The third-order valence-corrected chi connectivity index (χ3v) is 4.28. The van der Waals surface area contributed by atoms with E-state index in [1.54, 1.807) is 0 Å². The normalized spacial score (nSPS) is 20.4. The van der Waals surface area contributed by atoms with E-state index in [0.29, 0.717) is 15.3 Å². The molecule has 112 valence electrons. The lowest BCUT2D eigenvalue weighted by molar-refractivity contribution is -0.182. The summed E-state index contributed by atoms with van der Waals surface area (Å²) in [5.41, 5.74) is 0.895. The summed E-state index contributed by atoms with van der Waals surface area (Å²) in [7, 11) is 0. The average Bonchev–Trinajstić information content (AvgIpc) is 2.92. The van der Waals surface area contributed by atoms with Crippen LogP contribution in [0.2, 0.25) is 9.49 Å². The SMILES string of the molecule is Clc1cccc([C@@H](O[C@H]2CCCCO2)c2nsc(Cl)n2)c1. The van der Waals surface area contributed by atoms with Crippen molar-refractivity contribution in [3.63, 3.8) is 0 Å². The molecular weight excluding hydrogens is 331 g/mol. The fourth-order valence-electron chi connectivity index (χ4n) is 2.25. The number of rotatable bonds is 4. The van der Waals surface area contributed by atoms with Crippen molar-refractivity contribution in [3.05, 3.63) is 45.1 Å². The molecule has 0 saturated carbocycles. The van der Waals surface area contributed by atoms with Crippen molar-refractivity contribution >= 4 is 34.7 Å². The predicted octanol–water partition coefficient (Wildman–Crippen LogP) is 4.48. The Kier molecular flexibility index (Phi) is 5.08. The van der Waals surface area contributed by atoms with Gasteiger partial charge in [-0.2, -0.15) is 4.37 Å². The van der Waals surface area contributed by atoms with E-state index in [4.69, 9.17) is 32.7 Å². The highest BCUT2D eigenvalue weighted by atomic mass is 35.5. The molecule has 0 N–H and O–H groups in total. The van der Waals surface area contributed by atoms with Gasteiger partial charge in [-0.05, 0) is 60.1 Å². The number of nitrogens with zero attached hydrogens (tertiary/aromatic N) is 2. The molecule has 0 radical (unpaired) electrons. The Labute approximate surface area is 137 Å². The van der Waals surface area contributed by atoms with Gasteiger partial charge in [0.1, 0.15) is 6.10 Å². The summed E-state index contributed by atoms with van der Waals surface area (Å²) < 4.78 is 16.4. The summed E-state index contributed by atoms with van der Waals surface area (Å²) in [6.45, 7) is 0.720. The molecule has 2 atom stereocenters. The number of benzene rings is 1. The molecule has 4 nitrogen and oxygen atoms in total. The molecule has 0 amide bonds. The Balaban J connectivity index is 1.86. The van der Waals surface area contributed by atoms with Gasteiger partial charge in [0.25, 0.3) is 0 Å². The second-order valence-electron chi connectivity index (χ2n) is 4.77. The van der Waals surface area contributed by atoms with Gasteiger partial charge in [0.05, 0.1) is 0 Å². The molecule has 1 fully saturated rings. The van der Waals surface area contributed by atoms with Crippen molar-refractivity contribution < 1.29 is 9.47 Å². The van der Waals surface area contributed by atoms with Gasteiger partial charge >= 0.3 is 0 Å². The van der Waals surface area contributed by atoms with E-state index >= 15 is 0 Å². The lowest BCUT2D eigenvalue weighted by Gasteiger charge is -2.26. The van der Waals surface area contributed by atoms with E-state index in [0.717, 1.165) is 43.0 Å². The number of halogens is 2. The third-order valence-electron chi connectivity index (χ3n) is 3.23. The molecular formula is C14H14Cl2N2O2S. The topological polar surface area (TPSA) is 44.2 Å². The van der Waals surface area contributed by atoms with Crippen molar-refractivity contribution in [2.24, 2.45) is 0 Å². The van der Waals surface area contributed by atoms with Crippen LogP contribution in [0.4, 0.5) is 0 Å². The van der Waals surface area contributed by atoms with Gasteiger partial charge in [-0.3, -0.25) is 0 Å². The van der Waals surface area contributed by atoms with E-state index in [1.807, 2.05) is 24.3 Å². The molecule has 7 heteroatoms. The molecule has 21 heavy (non-hydrogen) atoms. The second-order valence-corrected chi connectivity index (χ2v) is 6.54. The maximum absolute atomic E-state index is 6.07. The standard InChI is InChI=1S/C14H14Cl2N2O2S/c15-10-5-3-4-9(8-10)12(13-17-14(16)21-18-13)20-11-6-1-2-7-19-11/h3-5,8,11-12H,1-2,6-7H2/t11-,12+/m0/s1. The van der Waals surface area contributed by atoms with Crippen LogP contribution >= 0.6 is 34.7 Å². The smallest absolute Gasteiger partial charge is 0.203 e. The van der Waals surface area contributed by atoms with Gasteiger partial charge in [-0.15, -0.1) is 0 Å². The van der Waals surface area contributed by atoms with Crippen molar-refractivity contribution in [1.82, 2.24) is 9.36 Å². The van der Waals surface area contributed by atoms with E-state index in [-0.39, 0.29) is 6.29 Å². The second kappa shape index (κ2) is 7.03. The Morgan fingerprint density at radius 2 is 2.24 bits per heavy atom. The maximum atomic E-state index is 6.07. The van der Waals surface area contributed by atoms with Crippen LogP contribution in [0.1, 0.15) is 36.8 Å². The molecule has 0 aliphatic carbocycles. The zero-order valence-electron chi connectivity index (χ0n) is 11.2. The lowest BCUT2D eigenvalue weighted by Crippen LogP contribution is -2.25. The van der Waals surface area contributed by atoms with Gasteiger partial charge in [0.15, 0.2) is 12.1 Å². The zero-order valence-corrected chi connectivity index (χ0v) is 13.5. The molecule has 1 saturated heterocycles. The molecule has 1 aliphatic rings. The van der Waals surface area contributed by atoms with Crippen LogP contribution in [0.25, 0.3) is 0 Å². The number of hydrogen-bond donors (Lipinski definition) is 0. The van der Waals surface area contributed by atoms with Crippen LogP contribution in [-0.4, -0.2) is 22.3 Å². The minimum Gasteiger partial charge on any atom is -0.353 e. The minimum atomic E-state index is -0.421. The van der Waals surface area contributed by atoms with Crippen LogP contribution < -0.4 is 0 Å². The van der Waals surface area contributed by atoms with E-state index in [2.05, 4.69) is 9.36 Å². The molecule has 1 aromatic carbocycles. The van der Waals surface area contributed by atoms with E-state index < -0.39 is 6.10 Å². The van der Waals surface area contributed by atoms with Gasteiger partial charge in [-0.1, -0.05) is 23.7 Å². The number of ether oxygens (including phenoxy) is 2. The molecule has 0 unspecified atom stereocenters. The van der Waals surface area contributed by atoms with E-state index in [9.17, 15) is 0 Å². The van der Waals surface area contributed by atoms with Crippen molar-refractivity contribution in [1.29, 1.82) is 0 Å². The van der Waals surface area contributed by atoms with Gasteiger partial charge in [0, 0.05) is 11.6 Å². The third kappa shape index (κ3) is 3.93. The number of hydrogen-bond acceptors (Lipinski definition) is 5. The molecule has 2 heterocycles. The van der Waals surface area contributed by atoms with Crippen molar-refractivity contribution in [2.45, 2.75) is 31.7 Å².